The Kier molecular flexibility index (Phi) is 5.88. The molecule has 0 spiro atoms. The zero-order chi connectivity index (χ0) is 21.1. The molecule has 1 aromatic carbocycles. The van der Waals surface area contributed by atoms with Gasteiger partial charge in [-0.2, -0.15) is 0 Å². The highest BCUT2D eigenvalue weighted by atomic mass is 16.2. The molecule has 2 aliphatic rings. The fourth-order valence-corrected chi connectivity index (χ4v) is 4.23. The number of amides is 3. The molecule has 7 nitrogen and oxygen atoms in total. The molecule has 2 aromatic rings. The van der Waals surface area contributed by atoms with E-state index in [4.69, 9.17) is 0 Å². The molecule has 0 atom stereocenters. The number of rotatable bonds is 3. The third-order valence-corrected chi connectivity index (χ3v) is 6.14. The summed E-state index contributed by atoms with van der Waals surface area (Å²) < 4.78 is 0. The SMILES string of the molecule is Cc1ccc(C(=O)N2CCC(C(=O)N3CCN(C(=O)c4ccc[nH]4)CC3)CC2)cc1. The predicted octanol–water partition coefficient (Wildman–Crippen LogP) is 2.16. The lowest BCUT2D eigenvalue weighted by Gasteiger charge is -2.38. The Labute approximate surface area is 176 Å². The highest BCUT2D eigenvalue weighted by Gasteiger charge is 2.32. The van der Waals surface area contributed by atoms with Gasteiger partial charge >= 0.3 is 0 Å². The van der Waals surface area contributed by atoms with Gasteiger partial charge in [-0.25, -0.2) is 0 Å². The van der Waals surface area contributed by atoms with Gasteiger partial charge < -0.3 is 19.7 Å². The number of likely N-dealkylation sites (tertiary alicyclic amines) is 1. The van der Waals surface area contributed by atoms with Crippen LogP contribution in [0.3, 0.4) is 0 Å². The van der Waals surface area contributed by atoms with Gasteiger partial charge in [-0.1, -0.05) is 17.7 Å². The van der Waals surface area contributed by atoms with Crippen LogP contribution in [0.4, 0.5) is 0 Å². The monoisotopic (exact) mass is 408 g/mol. The molecule has 1 aromatic heterocycles. The Morgan fingerprint density at radius 2 is 1.40 bits per heavy atom. The second-order valence-corrected chi connectivity index (χ2v) is 8.13. The number of nitrogens with zero attached hydrogens (tertiary/aromatic N) is 3. The zero-order valence-electron chi connectivity index (χ0n) is 17.3. The van der Waals surface area contributed by atoms with E-state index in [-0.39, 0.29) is 23.6 Å². The maximum Gasteiger partial charge on any atom is 0.270 e. The van der Waals surface area contributed by atoms with Gasteiger partial charge in [-0.05, 0) is 44.0 Å². The van der Waals surface area contributed by atoms with Crippen LogP contribution >= 0.6 is 0 Å². The number of carbonyl (C=O) groups excluding carboxylic acids is 3. The second kappa shape index (κ2) is 8.73. The molecular formula is C23H28N4O3. The number of benzene rings is 1. The molecule has 2 saturated heterocycles. The van der Waals surface area contributed by atoms with Crippen molar-refractivity contribution in [1.29, 1.82) is 0 Å². The molecular weight excluding hydrogens is 380 g/mol. The molecule has 158 valence electrons. The van der Waals surface area contributed by atoms with E-state index in [9.17, 15) is 14.4 Å². The van der Waals surface area contributed by atoms with Crippen molar-refractivity contribution in [2.45, 2.75) is 19.8 Å². The van der Waals surface area contributed by atoms with Crippen molar-refractivity contribution in [3.8, 4) is 0 Å². The summed E-state index contributed by atoms with van der Waals surface area (Å²) in [6.07, 6.45) is 3.12. The first-order chi connectivity index (χ1) is 14.5. The predicted molar refractivity (Wildman–Crippen MR) is 113 cm³/mol. The molecule has 2 aliphatic heterocycles. The number of hydrogen-bond donors (Lipinski definition) is 1. The Balaban J connectivity index is 1.26. The maximum atomic E-state index is 13.0. The Bertz CT molecular complexity index is 891. The van der Waals surface area contributed by atoms with Crippen LogP contribution in [0.5, 0.6) is 0 Å². The molecule has 2 fully saturated rings. The first-order valence-electron chi connectivity index (χ1n) is 10.6. The van der Waals surface area contributed by atoms with Crippen molar-refractivity contribution >= 4 is 17.7 Å². The summed E-state index contributed by atoms with van der Waals surface area (Å²) in [5.74, 6) is 0.134. The fraction of sp³-hybridized carbons (Fsp3) is 0.435. The minimum Gasteiger partial charge on any atom is -0.357 e. The minimum atomic E-state index is -0.0438. The van der Waals surface area contributed by atoms with Gasteiger partial charge in [0, 0.05) is 56.9 Å². The van der Waals surface area contributed by atoms with Crippen molar-refractivity contribution < 1.29 is 14.4 Å². The summed E-state index contributed by atoms with van der Waals surface area (Å²) in [5.41, 5.74) is 2.42. The van der Waals surface area contributed by atoms with Gasteiger partial charge in [0.1, 0.15) is 5.69 Å². The molecule has 1 N–H and O–H groups in total. The molecule has 0 saturated carbocycles. The van der Waals surface area contributed by atoms with Crippen LogP contribution in [-0.4, -0.2) is 76.7 Å². The van der Waals surface area contributed by atoms with Gasteiger partial charge in [-0.3, -0.25) is 14.4 Å². The van der Waals surface area contributed by atoms with E-state index < -0.39 is 0 Å². The number of aromatic nitrogens is 1. The van der Waals surface area contributed by atoms with Crippen molar-refractivity contribution in [3.05, 3.63) is 59.4 Å². The molecule has 0 aliphatic carbocycles. The molecule has 3 heterocycles. The smallest absolute Gasteiger partial charge is 0.270 e. The number of aromatic amines is 1. The maximum absolute atomic E-state index is 13.0. The van der Waals surface area contributed by atoms with E-state index in [1.165, 1.54) is 0 Å². The number of piperazine rings is 1. The van der Waals surface area contributed by atoms with E-state index in [1.807, 2.05) is 47.1 Å². The summed E-state index contributed by atoms with van der Waals surface area (Å²) in [5, 5.41) is 0. The lowest BCUT2D eigenvalue weighted by atomic mass is 9.94. The van der Waals surface area contributed by atoms with Crippen LogP contribution in [0, 0.1) is 12.8 Å². The quantitative estimate of drug-likeness (QED) is 0.846. The van der Waals surface area contributed by atoms with E-state index in [0.717, 1.165) is 5.56 Å². The lowest BCUT2D eigenvalue weighted by molar-refractivity contribution is -0.138. The Morgan fingerprint density at radius 3 is 2.00 bits per heavy atom. The van der Waals surface area contributed by atoms with Crippen LogP contribution in [0.25, 0.3) is 0 Å². The molecule has 0 bridgehead atoms. The number of nitrogens with one attached hydrogen (secondary N) is 1. The van der Waals surface area contributed by atoms with Crippen LogP contribution in [0.1, 0.15) is 39.3 Å². The summed E-state index contributed by atoms with van der Waals surface area (Å²) >= 11 is 0. The highest BCUT2D eigenvalue weighted by molar-refractivity contribution is 5.94. The van der Waals surface area contributed by atoms with E-state index in [2.05, 4.69) is 4.98 Å². The van der Waals surface area contributed by atoms with Crippen LogP contribution < -0.4 is 0 Å². The van der Waals surface area contributed by atoms with Crippen molar-refractivity contribution in [2.24, 2.45) is 5.92 Å². The summed E-state index contributed by atoms with van der Waals surface area (Å²) in [4.78, 5) is 46.5. The molecule has 7 heteroatoms. The standard InChI is InChI=1S/C23H28N4O3/c1-17-4-6-18(7-5-17)21(28)25-11-8-19(9-12-25)22(29)26-13-15-27(16-14-26)23(30)20-3-2-10-24-20/h2-7,10,19,24H,8-9,11-16H2,1H3. The van der Waals surface area contributed by atoms with E-state index in [0.29, 0.717) is 63.4 Å². The van der Waals surface area contributed by atoms with Gasteiger partial charge in [0.25, 0.3) is 11.8 Å². The summed E-state index contributed by atoms with van der Waals surface area (Å²) in [7, 11) is 0. The Hall–Kier alpha value is -3.09. The molecule has 30 heavy (non-hydrogen) atoms. The molecule has 0 radical (unpaired) electrons. The van der Waals surface area contributed by atoms with Crippen LogP contribution in [0.15, 0.2) is 42.6 Å². The average molecular weight is 409 g/mol. The van der Waals surface area contributed by atoms with E-state index in [1.54, 1.807) is 17.2 Å². The number of carbonyl (C=O) groups is 3. The normalized spacial score (nSPS) is 17.8. The van der Waals surface area contributed by atoms with Gasteiger partial charge in [0.2, 0.25) is 5.91 Å². The minimum absolute atomic E-state index is 0.0185. The topological polar surface area (TPSA) is 76.7 Å². The highest BCUT2D eigenvalue weighted by Crippen LogP contribution is 2.22. The van der Waals surface area contributed by atoms with Crippen molar-refractivity contribution in [1.82, 2.24) is 19.7 Å². The molecule has 0 unspecified atom stereocenters. The number of aryl methyl sites for hydroxylation is 1. The third-order valence-electron chi connectivity index (χ3n) is 6.14. The summed E-state index contributed by atoms with van der Waals surface area (Å²) in [6.45, 7) is 5.44. The van der Waals surface area contributed by atoms with Crippen LogP contribution in [-0.2, 0) is 4.79 Å². The van der Waals surface area contributed by atoms with Crippen molar-refractivity contribution in [2.75, 3.05) is 39.3 Å². The first-order valence-corrected chi connectivity index (χ1v) is 10.6. The summed E-state index contributed by atoms with van der Waals surface area (Å²) in [6, 6.07) is 11.2. The van der Waals surface area contributed by atoms with Gasteiger partial charge in [0.05, 0.1) is 0 Å². The number of piperidine rings is 1. The largest absolute Gasteiger partial charge is 0.357 e. The Morgan fingerprint density at radius 1 is 0.800 bits per heavy atom. The number of hydrogen-bond acceptors (Lipinski definition) is 3. The van der Waals surface area contributed by atoms with Gasteiger partial charge in [-0.15, -0.1) is 0 Å². The zero-order valence-corrected chi connectivity index (χ0v) is 17.3. The van der Waals surface area contributed by atoms with Crippen LogP contribution in [0.2, 0.25) is 0 Å². The fourth-order valence-electron chi connectivity index (χ4n) is 4.23. The molecule has 4 rings (SSSR count). The average Bonchev–Trinajstić information content (AvgIpc) is 3.33. The lowest BCUT2D eigenvalue weighted by Crippen LogP contribution is -2.53. The number of H-pyrrole nitrogens is 1. The van der Waals surface area contributed by atoms with Crippen molar-refractivity contribution in [3.63, 3.8) is 0 Å². The second-order valence-electron chi connectivity index (χ2n) is 8.13. The third kappa shape index (κ3) is 4.25. The van der Waals surface area contributed by atoms with Gasteiger partial charge in [0.15, 0.2) is 0 Å². The van der Waals surface area contributed by atoms with E-state index >= 15 is 0 Å². The first kappa shape index (κ1) is 20.2. The molecule has 3 amide bonds.